The summed E-state index contributed by atoms with van der Waals surface area (Å²) >= 11 is 8.66. The Bertz CT molecular complexity index is 519. The Balaban J connectivity index is 2.20. The summed E-state index contributed by atoms with van der Waals surface area (Å²) in [4.78, 5) is 16.3. The molecule has 90 valence electrons. The van der Waals surface area contributed by atoms with Crippen molar-refractivity contribution in [3.8, 4) is 6.01 Å². The van der Waals surface area contributed by atoms with Crippen LogP contribution in [0.2, 0.25) is 5.28 Å². The van der Waals surface area contributed by atoms with E-state index in [2.05, 4.69) is 19.9 Å². The summed E-state index contributed by atoms with van der Waals surface area (Å²) in [5.74, 6) is 0. The molecule has 2 aromatic rings. The van der Waals surface area contributed by atoms with E-state index >= 15 is 0 Å². The monoisotopic (exact) mass is 288 g/mol. The second kappa shape index (κ2) is 5.61. The first-order chi connectivity index (χ1) is 8.17. The number of ether oxygens (including phenoxy) is 1. The second-order valence-corrected chi connectivity index (χ2v) is 5.37. The third kappa shape index (κ3) is 3.52. The zero-order valence-corrected chi connectivity index (χ0v) is 11.6. The van der Waals surface area contributed by atoms with E-state index in [4.69, 9.17) is 16.3 Å². The fourth-order valence-corrected chi connectivity index (χ4v) is 2.90. The lowest BCUT2D eigenvalue weighted by Crippen LogP contribution is -2.00. The molecule has 0 aliphatic heterocycles. The first-order valence-electron chi connectivity index (χ1n) is 4.81. The molecule has 0 N–H and O–H groups in total. The molecular formula is C9H9ClN4OS2. The normalized spacial score (nSPS) is 10.5. The summed E-state index contributed by atoms with van der Waals surface area (Å²) < 4.78 is 6.06. The van der Waals surface area contributed by atoms with Crippen LogP contribution < -0.4 is 4.74 Å². The van der Waals surface area contributed by atoms with Gasteiger partial charge in [-0.2, -0.15) is 15.0 Å². The predicted octanol–water partition coefficient (Wildman–Crippen LogP) is 2.84. The predicted molar refractivity (Wildman–Crippen MR) is 67.0 cm³/mol. The van der Waals surface area contributed by atoms with Gasteiger partial charge in [-0.05, 0) is 37.2 Å². The average molecular weight is 289 g/mol. The largest absolute Gasteiger partial charge is 0.464 e. The van der Waals surface area contributed by atoms with Crippen molar-refractivity contribution in [2.24, 2.45) is 0 Å². The van der Waals surface area contributed by atoms with Crippen molar-refractivity contribution in [1.29, 1.82) is 0 Å². The zero-order valence-electron chi connectivity index (χ0n) is 9.18. The number of aromatic nitrogens is 4. The van der Waals surface area contributed by atoms with Crippen molar-refractivity contribution in [3.05, 3.63) is 16.4 Å². The minimum absolute atomic E-state index is 0.124. The lowest BCUT2D eigenvalue weighted by molar-refractivity contribution is 0.307. The van der Waals surface area contributed by atoms with Gasteiger partial charge < -0.3 is 4.74 Å². The molecule has 0 aliphatic carbocycles. The van der Waals surface area contributed by atoms with E-state index in [0.29, 0.717) is 11.8 Å². The standard InChI is InChI=1S/C9H9ClN4OS2/c1-3-15-7-12-6(10)13-8(14-7)17-9-11-5(2)4-16-9/h4H,3H2,1-2H3. The van der Waals surface area contributed by atoms with E-state index in [9.17, 15) is 0 Å². The van der Waals surface area contributed by atoms with Crippen molar-refractivity contribution in [2.75, 3.05) is 6.61 Å². The van der Waals surface area contributed by atoms with Gasteiger partial charge in [-0.15, -0.1) is 11.3 Å². The maximum Gasteiger partial charge on any atom is 0.321 e. The first kappa shape index (κ1) is 12.5. The summed E-state index contributed by atoms with van der Waals surface area (Å²) in [5.41, 5.74) is 0.975. The smallest absolute Gasteiger partial charge is 0.321 e. The quantitative estimate of drug-likeness (QED) is 0.862. The van der Waals surface area contributed by atoms with Gasteiger partial charge in [-0.1, -0.05) is 0 Å². The van der Waals surface area contributed by atoms with Crippen LogP contribution in [0, 0.1) is 6.92 Å². The van der Waals surface area contributed by atoms with Crippen LogP contribution in [0.25, 0.3) is 0 Å². The Morgan fingerprint density at radius 2 is 2.18 bits per heavy atom. The number of thiazole rings is 1. The molecule has 0 aromatic carbocycles. The van der Waals surface area contributed by atoms with Gasteiger partial charge in [0.2, 0.25) is 10.4 Å². The summed E-state index contributed by atoms with van der Waals surface area (Å²) in [6.45, 7) is 4.28. The van der Waals surface area contributed by atoms with Crippen molar-refractivity contribution < 1.29 is 4.74 Å². The molecule has 0 radical (unpaired) electrons. The molecule has 0 bridgehead atoms. The maximum atomic E-state index is 5.78. The number of halogens is 1. The highest BCUT2D eigenvalue weighted by Crippen LogP contribution is 2.28. The van der Waals surface area contributed by atoms with E-state index in [1.807, 2.05) is 19.2 Å². The average Bonchev–Trinajstić information content (AvgIpc) is 2.63. The van der Waals surface area contributed by atoms with Crippen LogP contribution in [0.15, 0.2) is 14.9 Å². The van der Waals surface area contributed by atoms with Gasteiger partial charge in [0.1, 0.15) is 0 Å². The Morgan fingerprint density at radius 1 is 1.35 bits per heavy atom. The van der Waals surface area contributed by atoms with E-state index in [1.54, 1.807) is 0 Å². The summed E-state index contributed by atoms with van der Waals surface area (Å²) in [5, 5.41) is 2.58. The fourth-order valence-electron chi connectivity index (χ4n) is 1.01. The van der Waals surface area contributed by atoms with Gasteiger partial charge in [-0.25, -0.2) is 4.98 Å². The highest BCUT2D eigenvalue weighted by atomic mass is 35.5. The molecule has 0 saturated heterocycles. The first-order valence-corrected chi connectivity index (χ1v) is 6.89. The van der Waals surface area contributed by atoms with E-state index < -0.39 is 0 Å². The van der Waals surface area contributed by atoms with E-state index in [0.717, 1.165) is 10.0 Å². The number of hydrogen-bond donors (Lipinski definition) is 0. The van der Waals surface area contributed by atoms with Crippen LogP contribution in [-0.2, 0) is 0 Å². The molecule has 0 amide bonds. The van der Waals surface area contributed by atoms with Crippen LogP contribution in [0.1, 0.15) is 12.6 Å². The number of aryl methyl sites for hydroxylation is 1. The van der Waals surface area contributed by atoms with Crippen molar-refractivity contribution >= 4 is 34.7 Å². The molecule has 17 heavy (non-hydrogen) atoms. The molecule has 2 rings (SSSR count). The molecular weight excluding hydrogens is 280 g/mol. The SMILES string of the molecule is CCOc1nc(Cl)nc(Sc2nc(C)cs2)n1. The summed E-state index contributed by atoms with van der Waals surface area (Å²) in [6.07, 6.45) is 0. The molecule has 0 unspecified atom stereocenters. The molecule has 2 heterocycles. The number of hydrogen-bond acceptors (Lipinski definition) is 7. The van der Waals surface area contributed by atoms with Gasteiger partial charge in [0.15, 0.2) is 4.34 Å². The molecule has 0 atom stereocenters. The van der Waals surface area contributed by atoms with Gasteiger partial charge in [0.05, 0.1) is 6.61 Å². The van der Waals surface area contributed by atoms with Crippen molar-refractivity contribution in [1.82, 2.24) is 19.9 Å². The Labute approximate surface area is 112 Å². The van der Waals surface area contributed by atoms with Crippen LogP contribution >= 0.6 is 34.7 Å². The summed E-state index contributed by atoms with van der Waals surface area (Å²) in [7, 11) is 0. The van der Waals surface area contributed by atoms with Gasteiger partial charge in [0, 0.05) is 11.1 Å². The molecule has 5 nitrogen and oxygen atoms in total. The number of rotatable bonds is 4. The van der Waals surface area contributed by atoms with Gasteiger partial charge in [0.25, 0.3) is 0 Å². The van der Waals surface area contributed by atoms with Crippen LogP contribution in [0.4, 0.5) is 0 Å². The summed E-state index contributed by atoms with van der Waals surface area (Å²) in [6, 6.07) is 0.239. The highest BCUT2D eigenvalue weighted by Gasteiger charge is 2.09. The zero-order chi connectivity index (χ0) is 12.3. The molecule has 0 aliphatic rings. The van der Waals surface area contributed by atoms with Gasteiger partial charge in [-0.3, -0.25) is 0 Å². The lowest BCUT2D eigenvalue weighted by Gasteiger charge is -2.02. The Morgan fingerprint density at radius 3 is 2.82 bits per heavy atom. The van der Waals surface area contributed by atoms with Crippen LogP contribution in [0.3, 0.4) is 0 Å². The Hall–Kier alpha value is -0.920. The third-order valence-corrected chi connectivity index (χ3v) is 3.71. The highest BCUT2D eigenvalue weighted by molar-refractivity contribution is 8.00. The minimum Gasteiger partial charge on any atom is -0.464 e. The third-order valence-electron chi connectivity index (χ3n) is 1.62. The minimum atomic E-state index is 0.124. The maximum absolute atomic E-state index is 5.78. The molecule has 0 fully saturated rings. The van der Waals surface area contributed by atoms with Crippen LogP contribution in [-0.4, -0.2) is 26.5 Å². The molecule has 0 spiro atoms. The number of nitrogens with zero attached hydrogens (tertiary/aromatic N) is 4. The Kier molecular flexibility index (Phi) is 4.14. The van der Waals surface area contributed by atoms with E-state index in [1.165, 1.54) is 23.1 Å². The molecule has 8 heteroatoms. The topological polar surface area (TPSA) is 60.8 Å². The van der Waals surface area contributed by atoms with E-state index in [-0.39, 0.29) is 11.3 Å². The van der Waals surface area contributed by atoms with Gasteiger partial charge >= 0.3 is 6.01 Å². The molecule has 0 saturated carbocycles. The van der Waals surface area contributed by atoms with Crippen molar-refractivity contribution in [2.45, 2.75) is 23.3 Å². The molecule has 2 aromatic heterocycles. The van der Waals surface area contributed by atoms with Crippen molar-refractivity contribution in [3.63, 3.8) is 0 Å². The van der Waals surface area contributed by atoms with Crippen LogP contribution in [0.5, 0.6) is 6.01 Å². The second-order valence-electron chi connectivity index (χ2n) is 2.96. The lowest BCUT2D eigenvalue weighted by atomic mass is 10.6. The fraction of sp³-hybridized carbons (Fsp3) is 0.333.